The summed E-state index contributed by atoms with van der Waals surface area (Å²) in [6.07, 6.45) is 0.965. The normalized spacial score (nSPS) is 17.8. The van der Waals surface area contributed by atoms with Gasteiger partial charge < -0.3 is 9.15 Å². The molecule has 0 spiro atoms. The second-order valence-corrected chi connectivity index (χ2v) is 5.18. The number of hydrogen-bond acceptors (Lipinski definition) is 4. The van der Waals surface area contributed by atoms with Crippen LogP contribution in [-0.2, 0) is 9.53 Å². The van der Waals surface area contributed by atoms with Gasteiger partial charge in [-0.1, -0.05) is 28.1 Å². The monoisotopic (exact) mass is 334 g/mol. The second-order valence-electron chi connectivity index (χ2n) is 4.27. The summed E-state index contributed by atoms with van der Waals surface area (Å²) in [6.45, 7) is 1.45. The Morgan fingerprint density at radius 2 is 2.05 bits per heavy atom. The minimum absolute atomic E-state index is 0.195. The Morgan fingerprint density at radius 3 is 2.65 bits per heavy atom. The minimum atomic E-state index is -0.569. The van der Waals surface area contributed by atoms with Crippen LogP contribution in [0.3, 0.4) is 0 Å². The molecule has 0 radical (unpaired) electrons. The number of halogens is 1. The maximum Gasteiger partial charge on any atom is 0.277 e. The maximum absolute atomic E-state index is 11.7. The molecule has 0 bridgehead atoms. The topological polar surface area (TPSA) is 55.0 Å². The highest BCUT2D eigenvalue weighted by atomic mass is 79.9. The summed E-state index contributed by atoms with van der Waals surface area (Å²) in [4.78, 5) is 11.7. The fraction of sp³-hybridized carbons (Fsp3) is 0.143. The molecule has 1 aliphatic rings. The number of rotatable bonds is 2. The molecule has 1 atom stereocenters. The van der Waals surface area contributed by atoms with Crippen molar-refractivity contribution in [2.24, 2.45) is 5.10 Å². The van der Waals surface area contributed by atoms with Gasteiger partial charge in [0.15, 0.2) is 5.76 Å². The van der Waals surface area contributed by atoms with Crippen LogP contribution in [0.1, 0.15) is 24.5 Å². The molecule has 0 aliphatic carbocycles. The summed E-state index contributed by atoms with van der Waals surface area (Å²) in [5, 5.41) is 5.49. The smallest absolute Gasteiger partial charge is 0.277 e. The van der Waals surface area contributed by atoms with Crippen LogP contribution in [0.25, 0.3) is 0 Å². The van der Waals surface area contributed by atoms with Crippen LogP contribution in [0.4, 0.5) is 0 Å². The second kappa shape index (κ2) is 5.13. The molecule has 0 N–H and O–H groups in total. The van der Waals surface area contributed by atoms with Gasteiger partial charge in [0.25, 0.3) is 5.90 Å². The summed E-state index contributed by atoms with van der Waals surface area (Å²) >= 11 is 3.38. The van der Waals surface area contributed by atoms with E-state index in [1.54, 1.807) is 12.1 Å². The minimum Gasteiger partial charge on any atom is -0.459 e. The maximum atomic E-state index is 11.7. The molecule has 6 heteroatoms. The molecule has 1 aromatic heterocycles. The lowest BCUT2D eigenvalue weighted by atomic mass is 10.2. The number of hydrazone groups is 1. The predicted octanol–water partition coefficient (Wildman–Crippen LogP) is 3.28. The molecule has 20 heavy (non-hydrogen) atoms. The molecule has 0 saturated carbocycles. The molecule has 1 aromatic carbocycles. The number of ether oxygens (including phenoxy) is 1. The van der Waals surface area contributed by atoms with Crippen molar-refractivity contribution in [1.29, 1.82) is 0 Å². The number of carbonyl (C=O) groups excluding carboxylic acids is 1. The lowest BCUT2D eigenvalue weighted by molar-refractivity contribution is -0.135. The molecule has 1 aliphatic heterocycles. The van der Waals surface area contributed by atoms with Crippen molar-refractivity contribution in [3.05, 3.63) is 58.5 Å². The van der Waals surface area contributed by atoms with Crippen LogP contribution in [0.15, 0.2) is 56.7 Å². The van der Waals surface area contributed by atoms with Crippen molar-refractivity contribution in [1.82, 2.24) is 5.01 Å². The quantitative estimate of drug-likeness (QED) is 0.846. The van der Waals surface area contributed by atoms with E-state index in [9.17, 15) is 4.79 Å². The van der Waals surface area contributed by atoms with E-state index in [1.807, 2.05) is 24.3 Å². The molecule has 0 saturated heterocycles. The molecule has 2 heterocycles. The van der Waals surface area contributed by atoms with E-state index in [1.165, 1.54) is 18.2 Å². The van der Waals surface area contributed by atoms with Crippen molar-refractivity contribution < 1.29 is 13.9 Å². The van der Waals surface area contributed by atoms with Crippen molar-refractivity contribution in [2.75, 3.05) is 0 Å². The zero-order chi connectivity index (χ0) is 14.1. The fourth-order valence-corrected chi connectivity index (χ4v) is 2.17. The first-order chi connectivity index (χ1) is 9.65. The van der Waals surface area contributed by atoms with E-state index in [-0.39, 0.29) is 5.91 Å². The third-order valence-electron chi connectivity index (χ3n) is 2.85. The average molecular weight is 335 g/mol. The lowest BCUT2D eigenvalue weighted by Crippen LogP contribution is -2.25. The summed E-state index contributed by atoms with van der Waals surface area (Å²) in [5.41, 5.74) is 0.841. The van der Waals surface area contributed by atoms with Gasteiger partial charge >= 0.3 is 0 Å². The summed E-state index contributed by atoms with van der Waals surface area (Å²) in [5.74, 6) is 0.605. The average Bonchev–Trinajstić information content (AvgIpc) is 3.08. The van der Waals surface area contributed by atoms with Gasteiger partial charge in [-0.15, -0.1) is 5.10 Å². The number of hydrogen-bond donors (Lipinski definition) is 0. The molecule has 3 rings (SSSR count). The zero-order valence-electron chi connectivity index (χ0n) is 10.6. The number of carbonyl (C=O) groups is 1. The van der Waals surface area contributed by atoms with Crippen LogP contribution in [0.2, 0.25) is 0 Å². The van der Waals surface area contributed by atoms with E-state index in [4.69, 9.17) is 9.15 Å². The van der Waals surface area contributed by atoms with Gasteiger partial charge in [-0.05, 0) is 24.3 Å². The summed E-state index contributed by atoms with van der Waals surface area (Å²) in [6, 6.07) is 11.0. The predicted molar refractivity (Wildman–Crippen MR) is 75.7 cm³/mol. The van der Waals surface area contributed by atoms with E-state index in [2.05, 4.69) is 21.0 Å². The summed E-state index contributed by atoms with van der Waals surface area (Å²) in [7, 11) is 0. The Hall–Kier alpha value is -2.08. The molecule has 0 unspecified atom stereocenters. The summed E-state index contributed by atoms with van der Waals surface area (Å²) < 4.78 is 12.0. The van der Waals surface area contributed by atoms with Gasteiger partial charge in [0, 0.05) is 17.0 Å². The van der Waals surface area contributed by atoms with Gasteiger partial charge in [-0.3, -0.25) is 4.79 Å². The van der Waals surface area contributed by atoms with Gasteiger partial charge in [0.05, 0.1) is 6.26 Å². The molecular formula is C14H11BrN2O3. The highest BCUT2D eigenvalue weighted by molar-refractivity contribution is 9.10. The van der Waals surface area contributed by atoms with Crippen molar-refractivity contribution in [3.8, 4) is 0 Å². The third kappa shape index (κ3) is 2.34. The molecule has 5 nitrogen and oxygen atoms in total. The molecule has 2 aromatic rings. The van der Waals surface area contributed by atoms with Crippen LogP contribution >= 0.6 is 15.9 Å². The van der Waals surface area contributed by atoms with Crippen LogP contribution < -0.4 is 0 Å². The Kier molecular flexibility index (Phi) is 3.31. The first-order valence-corrected chi connectivity index (χ1v) is 6.79. The van der Waals surface area contributed by atoms with Crippen LogP contribution in [-0.4, -0.2) is 16.8 Å². The number of benzene rings is 1. The highest BCUT2D eigenvalue weighted by Gasteiger charge is 2.33. The van der Waals surface area contributed by atoms with Crippen molar-refractivity contribution in [2.45, 2.75) is 13.2 Å². The number of furan rings is 1. The van der Waals surface area contributed by atoms with E-state index >= 15 is 0 Å². The molecular weight excluding hydrogens is 324 g/mol. The highest BCUT2D eigenvalue weighted by Crippen LogP contribution is 2.30. The number of amides is 1. The third-order valence-corrected chi connectivity index (χ3v) is 3.38. The van der Waals surface area contributed by atoms with Crippen LogP contribution in [0, 0.1) is 0 Å². The van der Waals surface area contributed by atoms with E-state index < -0.39 is 6.23 Å². The van der Waals surface area contributed by atoms with Crippen molar-refractivity contribution in [3.63, 3.8) is 0 Å². The Balaban J connectivity index is 1.93. The van der Waals surface area contributed by atoms with Crippen LogP contribution in [0.5, 0.6) is 0 Å². The van der Waals surface area contributed by atoms with E-state index in [0.29, 0.717) is 11.7 Å². The Bertz CT molecular complexity index is 650. The van der Waals surface area contributed by atoms with Gasteiger partial charge in [0.1, 0.15) is 0 Å². The lowest BCUT2D eigenvalue weighted by Gasteiger charge is -2.19. The van der Waals surface area contributed by atoms with E-state index in [0.717, 1.165) is 10.0 Å². The first kappa shape index (κ1) is 12.9. The van der Waals surface area contributed by atoms with Gasteiger partial charge in [0.2, 0.25) is 12.1 Å². The Morgan fingerprint density at radius 1 is 1.30 bits per heavy atom. The SMILES string of the molecule is CC(=O)N1N=C(c2ccco2)O[C@H]1c1ccc(Br)cc1. The molecule has 0 fully saturated rings. The zero-order valence-corrected chi connectivity index (χ0v) is 12.2. The van der Waals surface area contributed by atoms with Crippen molar-refractivity contribution >= 4 is 27.7 Å². The molecule has 1 amide bonds. The Labute approximate surface area is 124 Å². The largest absolute Gasteiger partial charge is 0.459 e. The number of nitrogens with zero attached hydrogens (tertiary/aromatic N) is 2. The molecule has 102 valence electrons. The fourth-order valence-electron chi connectivity index (χ4n) is 1.91. The van der Waals surface area contributed by atoms with Gasteiger partial charge in [-0.2, -0.15) is 5.01 Å². The first-order valence-electron chi connectivity index (χ1n) is 5.99. The van der Waals surface area contributed by atoms with Gasteiger partial charge in [-0.25, -0.2) is 0 Å². The standard InChI is InChI=1S/C14H11BrN2O3/c1-9(18)17-14(10-4-6-11(15)7-5-10)20-13(16-17)12-3-2-8-19-12/h2-8,14H,1H3/t14-/m0/s1.